The van der Waals surface area contributed by atoms with Gasteiger partial charge in [0.05, 0.1) is 17.5 Å². The lowest BCUT2D eigenvalue weighted by Crippen LogP contribution is -2.49. The van der Waals surface area contributed by atoms with E-state index in [0.29, 0.717) is 6.04 Å². The Kier molecular flexibility index (Phi) is 4.41. The summed E-state index contributed by atoms with van der Waals surface area (Å²) in [5.74, 6) is 0.168. The first-order chi connectivity index (χ1) is 11.7. The Morgan fingerprint density at radius 1 is 1.21 bits per heavy atom. The molecule has 2 aromatic rings. The summed E-state index contributed by atoms with van der Waals surface area (Å²) in [6.07, 6.45) is 5.10. The van der Waals surface area contributed by atoms with Gasteiger partial charge in [0.15, 0.2) is 0 Å². The van der Waals surface area contributed by atoms with E-state index in [2.05, 4.69) is 33.7 Å². The van der Waals surface area contributed by atoms with Crippen LogP contribution >= 0.6 is 11.3 Å². The number of thiophene rings is 1. The second kappa shape index (κ2) is 6.69. The zero-order valence-corrected chi connectivity index (χ0v) is 15.0. The van der Waals surface area contributed by atoms with Gasteiger partial charge in [0.2, 0.25) is 0 Å². The van der Waals surface area contributed by atoms with Gasteiger partial charge in [0, 0.05) is 38.8 Å². The fourth-order valence-electron chi connectivity index (χ4n) is 3.81. The summed E-state index contributed by atoms with van der Waals surface area (Å²) in [5, 5.41) is 8.77. The van der Waals surface area contributed by atoms with Gasteiger partial charge in [-0.05, 0) is 48.6 Å². The maximum atomic E-state index is 12.9. The molecule has 1 saturated heterocycles. The number of rotatable bonds is 3. The van der Waals surface area contributed by atoms with Gasteiger partial charge >= 0.3 is 0 Å². The van der Waals surface area contributed by atoms with Crippen LogP contribution in [-0.2, 0) is 13.0 Å². The highest BCUT2D eigenvalue weighted by atomic mass is 32.1. The van der Waals surface area contributed by atoms with Crippen molar-refractivity contribution in [3.8, 4) is 0 Å². The van der Waals surface area contributed by atoms with Crippen LogP contribution in [0.5, 0.6) is 0 Å². The van der Waals surface area contributed by atoms with E-state index in [-0.39, 0.29) is 5.91 Å². The number of aromatic nitrogens is 2. The predicted molar refractivity (Wildman–Crippen MR) is 95.4 cm³/mol. The SMILES string of the molecule is CC(c1ccsc1)N1CCN(C(=O)c2cnn3c2CCCC3)CC1. The Morgan fingerprint density at radius 3 is 2.79 bits per heavy atom. The molecular formula is C18H24N4OS. The third-order valence-corrected chi connectivity index (χ3v) is 6.09. The van der Waals surface area contributed by atoms with Crippen molar-refractivity contribution in [2.75, 3.05) is 26.2 Å². The summed E-state index contributed by atoms with van der Waals surface area (Å²) in [6.45, 7) is 6.69. The number of amides is 1. The van der Waals surface area contributed by atoms with Crippen LogP contribution in [0.25, 0.3) is 0 Å². The summed E-state index contributed by atoms with van der Waals surface area (Å²) in [4.78, 5) is 17.4. The van der Waals surface area contributed by atoms with Crippen LogP contribution in [0.3, 0.4) is 0 Å². The predicted octanol–water partition coefficient (Wildman–Crippen LogP) is 2.80. The Morgan fingerprint density at radius 2 is 2.04 bits per heavy atom. The first-order valence-corrected chi connectivity index (χ1v) is 9.78. The zero-order valence-electron chi connectivity index (χ0n) is 14.1. The van der Waals surface area contributed by atoms with Crippen LogP contribution in [0.2, 0.25) is 0 Å². The van der Waals surface area contributed by atoms with Gasteiger partial charge in [-0.1, -0.05) is 0 Å². The number of nitrogens with zero attached hydrogens (tertiary/aromatic N) is 4. The van der Waals surface area contributed by atoms with Crippen molar-refractivity contribution >= 4 is 17.2 Å². The van der Waals surface area contributed by atoms with Gasteiger partial charge in [-0.3, -0.25) is 14.4 Å². The third kappa shape index (κ3) is 2.89. The number of carbonyl (C=O) groups is 1. The van der Waals surface area contributed by atoms with E-state index in [1.165, 1.54) is 12.0 Å². The fourth-order valence-corrected chi connectivity index (χ4v) is 4.55. The molecule has 24 heavy (non-hydrogen) atoms. The Balaban J connectivity index is 1.41. The Hall–Kier alpha value is -1.66. The van der Waals surface area contributed by atoms with Crippen molar-refractivity contribution in [3.63, 3.8) is 0 Å². The minimum Gasteiger partial charge on any atom is -0.336 e. The van der Waals surface area contributed by atoms with Crippen LogP contribution in [0, 0.1) is 0 Å². The summed E-state index contributed by atoms with van der Waals surface area (Å²) in [5.41, 5.74) is 3.35. The molecule has 2 aliphatic rings. The lowest BCUT2D eigenvalue weighted by atomic mass is 10.1. The second-order valence-corrected chi connectivity index (χ2v) is 7.53. The summed E-state index contributed by atoms with van der Waals surface area (Å²) >= 11 is 1.75. The number of fused-ring (bicyclic) bond motifs is 1. The molecule has 1 unspecified atom stereocenters. The molecule has 0 aromatic carbocycles. The van der Waals surface area contributed by atoms with E-state index in [0.717, 1.165) is 56.8 Å². The standard InChI is InChI=1S/C18H24N4OS/c1-14(15-5-11-24-13-15)20-7-9-21(10-8-20)18(23)16-12-19-22-6-3-2-4-17(16)22/h5,11-14H,2-4,6-10H2,1H3. The highest BCUT2D eigenvalue weighted by Crippen LogP contribution is 2.25. The highest BCUT2D eigenvalue weighted by molar-refractivity contribution is 7.07. The van der Waals surface area contributed by atoms with E-state index in [4.69, 9.17) is 0 Å². The monoisotopic (exact) mass is 344 g/mol. The van der Waals surface area contributed by atoms with Crippen molar-refractivity contribution in [2.45, 2.75) is 38.8 Å². The Labute approximate surface area is 146 Å². The van der Waals surface area contributed by atoms with Crippen LogP contribution in [0.15, 0.2) is 23.0 Å². The van der Waals surface area contributed by atoms with E-state index >= 15 is 0 Å². The maximum absolute atomic E-state index is 12.9. The minimum atomic E-state index is 0.168. The van der Waals surface area contributed by atoms with Crippen LogP contribution in [0.4, 0.5) is 0 Å². The van der Waals surface area contributed by atoms with Crippen LogP contribution in [0.1, 0.15) is 47.4 Å². The van der Waals surface area contributed by atoms with E-state index in [1.54, 1.807) is 17.5 Å². The van der Waals surface area contributed by atoms with Gasteiger partial charge in [-0.15, -0.1) is 0 Å². The zero-order chi connectivity index (χ0) is 16.5. The molecule has 2 aliphatic heterocycles. The molecule has 0 spiro atoms. The van der Waals surface area contributed by atoms with Gasteiger partial charge in [-0.25, -0.2) is 0 Å². The number of aryl methyl sites for hydroxylation is 1. The number of hydrogen-bond acceptors (Lipinski definition) is 4. The average Bonchev–Trinajstić information content (AvgIpc) is 3.30. The molecular weight excluding hydrogens is 320 g/mol. The fraction of sp³-hybridized carbons (Fsp3) is 0.556. The van der Waals surface area contributed by atoms with Crippen molar-refractivity contribution in [1.29, 1.82) is 0 Å². The lowest BCUT2D eigenvalue weighted by Gasteiger charge is -2.38. The number of hydrogen-bond donors (Lipinski definition) is 0. The van der Waals surface area contributed by atoms with Crippen LogP contribution < -0.4 is 0 Å². The summed E-state index contributed by atoms with van der Waals surface area (Å²) in [7, 11) is 0. The second-order valence-electron chi connectivity index (χ2n) is 6.75. The molecule has 1 amide bonds. The molecule has 128 valence electrons. The molecule has 1 fully saturated rings. The molecule has 1 atom stereocenters. The van der Waals surface area contributed by atoms with Crippen molar-refractivity contribution < 1.29 is 4.79 Å². The summed E-state index contributed by atoms with van der Waals surface area (Å²) < 4.78 is 2.02. The molecule has 0 aliphatic carbocycles. The number of carbonyl (C=O) groups excluding carboxylic acids is 1. The van der Waals surface area contributed by atoms with Crippen molar-refractivity contribution in [1.82, 2.24) is 19.6 Å². The molecule has 0 radical (unpaired) electrons. The first kappa shape index (κ1) is 15.8. The normalized spacial score (nSPS) is 20.0. The minimum absolute atomic E-state index is 0.168. The van der Waals surface area contributed by atoms with Crippen molar-refractivity contribution in [2.24, 2.45) is 0 Å². The molecule has 0 saturated carbocycles. The number of piperazine rings is 1. The molecule has 5 nitrogen and oxygen atoms in total. The molecule has 4 heterocycles. The smallest absolute Gasteiger partial charge is 0.257 e. The molecule has 6 heteroatoms. The molecule has 0 N–H and O–H groups in total. The van der Waals surface area contributed by atoms with Crippen LogP contribution in [-0.4, -0.2) is 51.7 Å². The van der Waals surface area contributed by atoms with E-state index < -0.39 is 0 Å². The maximum Gasteiger partial charge on any atom is 0.257 e. The lowest BCUT2D eigenvalue weighted by molar-refractivity contribution is 0.0581. The van der Waals surface area contributed by atoms with Gasteiger partial charge in [0.1, 0.15) is 0 Å². The molecule has 2 aromatic heterocycles. The highest BCUT2D eigenvalue weighted by Gasteiger charge is 2.28. The summed E-state index contributed by atoms with van der Waals surface area (Å²) in [6, 6.07) is 2.63. The quantitative estimate of drug-likeness (QED) is 0.860. The van der Waals surface area contributed by atoms with Crippen molar-refractivity contribution in [3.05, 3.63) is 39.8 Å². The molecule has 4 rings (SSSR count). The third-order valence-electron chi connectivity index (χ3n) is 5.39. The van der Waals surface area contributed by atoms with Gasteiger partial charge in [-0.2, -0.15) is 16.4 Å². The average molecular weight is 344 g/mol. The first-order valence-electron chi connectivity index (χ1n) is 8.84. The Bertz CT molecular complexity index is 701. The van der Waals surface area contributed by atoms with E-state index in [9.17, 15) is 4.79 Å². The largest absolute Gasteiger partial charge is 0.336 e. The van der Waals surface area contributed by atoms with Gasteiger partial charge < -0.3 is 4.90 Å². The van der Waals surface area contributed by atoms with E-state index in [1.807, 2.05) is 9.58 Å². The topological polar surface area (TPSA) is 41.4 Å². The molecule has 0 bridgehead atoms. The van der Waals surface area contributed by atoms with Gasteiger partial charge in [0.25, 0.3) is 5.91 Å².